The van der Waals surface area contributed by atoms with Crippen LogP contribution in [0.5, 0.6) is 0 Å². The molecule has 0 heteroatoms. The Morgan fingerprint density at radius 1 is 1.00 bits per heavy atom. The van der Waals surface area contributed by atoms with Crippen LogP contribution >= 0.6 is 0 Å². The predicted molar refractivity (Wildman–Crippen MR) is 43.6 cm³/mol. The molecule has 0 atom stereocenters. The molecule has 1 fully saturated rings. The molecule has 1 aliphatic rings. The second-order valence-corrected chi connectivity index (χ2v) is 2.98. The fourth-order valence-electron chi connectivity index (χ4n) is 0.289. The van der Waals surface area contributed by atoms with Crippen LogP contribution in [0.2, 0.25) is 0 Å². The van der Waals surface area contributed by atoms with Crippen LogP contribution in [0.25, 0.3) is 0 Å². The molecule has 1 rings (SSSR count). The SMILES string of the molecule is C1CC1.CCC(C)CC. The minimum absolute atomic E-state index is 0.935. The number of rotatable bonds is 2. The van der Waals surface area contributed by atoms with Crippen LogP contribution in [-0.4, -0.2) is 0 Å². The van der Waals surface area contributed by atoms with E-state index in [9.17, 15) is 0 Å². The average Bonchev–Trinajstić information content (AvgIpc) is 2.70. The van der Waals surface area contributed by atoms with Crippen LogP contribution in [0.15, 0.2) is 0 Å². The van der Waals surface area contributed by atoms with Gasteiger partial charge in [-0.2, -0.15) is 0 Å². The molecule has 0 amide bonds. The minimum Gasteiger partial charge on any atom is -0.0651 e. The predicted octanol–water partition coefficient (Wildman–Crippen LogP) is 3.61. The molecule has 9 heavy (non-hydrogen) atoms. The Balaban J connectivity index is 0.000000173. The molecule has 0 radical (unpaired) electrons. The van der Waals surface area contributed by atoms with E-state index < -0.39 is 0 Å². The molecule has 56 valence electrons. The van der Waals surface area contributed by atoms with Gasteiger partial charge >= 0.3 is 0 Å². The first-order chi connectivity index (χ1) is 4.31. The first kappa shape index (κ1) is 9.00. The Labute approximate surface area is 59.7 Å². The molecule has 1 saturated carbocycles. The summed E-state index contributed by atoms with van der Waals surface area (Å²) < 4.78 is 0. The summed E-state index contributed by atoms with van der Waals surface area (Å²) >= 11 is 0. The molecule has 1 aliphatic carbocycles. The van der Waals surface area contributed by atoms with Gasteiger partial charge in [-0.3, -0.25) is 0 Å². The molecule has 0 heterocycles. The summed E-state index contributed by atoms with van der Waals surface area (Å²) in [5.41, 5.74) is 0. The van der Waals surface area contributed by atoms with Crippen LogP contribution in [0, 0.1) is 5.92 Å². The average molecular weight is 128 g/mol. The van der Waals surface area contributed by atoms with Crippen molar-refractivity contribution in [3.8, 4) is 0 Å². The van der Waals surface area contributed by atoms with Gasteiger partial charge in [0.2, 0.25) is 0 Å². The summed E-state index contributed by atoms with van der Waals surface area (Å²) in [6.45, 7) is 6.74. The summed E-state index contributed by atoms with van der Waals surface area (Å²) in [6, 6.07) is 0. The maximum Gasteiger partial charge on any atom is -0.0448 e. The van der Waals surface area contributed by atoms with E-state index in [1.807, 2.05) is 0 Å². The van der Waals surface area contributed by atoms with Gasteiger partial charge in [0.05, 0.1) is 0 Å². The first-order valence-corrected chi connectivity index (χ1v) is 4.31. The topological polar surface area (TPSA) is 0 Å². The van der Waals surface area contributed by atoms with E-state index in [1.54, 1.807) is 0 Å². The standard InChI is InChI=1S/C6H14.C3H6/c1-4-6(3)5-2;1-2-3-1/h6H,4-5H2,1-3H3;1-3H2. The minimum atomic E-state index is 0.935. The highest BCUT2D eigenvalue weighted by molar-refractivity contribution is 4.50. The van der Waals surface area contributed by atoms with E-state index in [-0.39, 0.29) is 0 Å². The van der Waals surface area contributed by atoms with Crippen LogP contribution in [0.4, 0.5) is 0 Å². The summed E-state index contributed by atoms with van der Waals surface area (Å²) in [5, 5.41) is 0. The molecule has 0 spiro atoms. The highest BCUT2D eigenvalue weighted by Crippen LogP contribution is 2.14. The normalized spacial score (nSPS) is 14.7. The zero-order valence-corrected chi connectivity index (χ0v) is 7.11. The highest BCUT2D eigenvalue weighted by Gasteiger charge is 1.95. The third kappa shape index (κ3) is 11.5. The number of hydrogen-bond donors (Lipinski definition) is 0. The zero-order valence-electron chi connectivity index (χ0n) is 7.11. The van der Waals surface area contributed by atoms with Gasteiger partial charge in [0.15, 0.2) is 0 Å². The van der Waals surface area contributed by atoms with Crippen LogP contribution in [0.1, 0.15) is 52.9 Å². The summed E-state index contributed by atoms with van der Waals surface area (Å²) in [4.78, 5) is 0. The maximum absolute atomic E-state index is 2.28. The Morgan fingerprint density at radius 2 is 1.33 bits per heavy atom. The molecule has 0 aromatic rings. The van der Waals surface area contributed by atoms with Gasteiger partial charge in [0, 0.05) is 0 Å². The third-order valence-electron chi connectivity index (χ3n) is 1.75. The number of hydrogen-bond acceptors (Lipinski definition) is 0. The fraction of sp³-hybridized carbons (Fsp3) is 1.00. The van der Waals surface area contributed by atoms with Crippen molar-refractivity contribution >= 4 is 0 Å². The smallest absolute Gasteiger partial charge is 0.0448 e. The lowest BCUT2D eigenvalue weighted by Crippen LogP contribution is -1.85. The van der Waals surface area contributed by atoms with Gasteiger partial charge < -0.3 is 0 Å². The Bertz CT molecular complexity index is 39.2. The van der Waals surface area contributed by atoms with E-state index in [1.165, 1.54) is 32.1 Å². The van der Waals surface area contributed by atoms with E-state index in [0.717, 1.165) is 5.92 Å². The van der Waals surface area contributed by atoms with E-state index in [0.29, 0.717) is 0 Å². The summed E-state index contributed by atoms with van der Waals surface area (Å²) in [7, 11) is 0. The van der Waals surface area contributed by atoms with Gasteiger partial charge in [0.25, 0.3) is 0 Å². The van der Waals surface area contributed by atoms with Crippen LogP contribution in [0.3, 0.4) is 0 Å². The van der Waals surface area contributed by atoms with Gasteiger partial charge in [0.1, 0.15) is 0 Å². The second kappa shape index (κ2) is 6.12. The molecule has 0 bridgehead atoms. The monoisotopic (exact) mass is 128 g/mol. The van der Waals surface area contributed by atoms with Gasteiger partial charge in [-0.05, 0) is 5.92 Å². The largest absolute Gasteiger partial charge is 0.0651 e. The molecule has 0 aliphatic heterocycles. The van der Waals surface area contributed by atoms with Crippen molar-refractivity contribution in [3.05, 3.63) is 0 Å². The van der Waals surface area contributed by atoms with E-state index in [4.69, 9.17) is 0 Å². The van der Waals surface area contributed by atoms with Crippen molar-refractivity contribution in [3.63, 3.8) is 0 Å². The molecule has 0 aromatic heterocycles. The van der Waals surface area contributed by atoms with Crippen molar-refractivity contribution < 1.29 is 0 Å². The zero-order chi connectivity index (χ0) is 7.11. The van der Waals surface area contributed by atoms with Crippen molar-refractivity contribution in [1.82, 2.24) is 0 Å². The summed E-state index contributed by atoms with van der Waals surface area (Å²) in [6.07, 6.45) is 7.16. The Hall–Kier alpha value is 0. The van der Waals surface area contributed by atoms with E-state index in [2.05, 4.69) is 20.8 Å². The second-order valence-electron chi connectivity index (χ2n) is 2.98. The van der Waals surface area contributed by atoms with Gasteiger partial charge in [-0.1, -0.05) is 52.9 Å². The molecule has 0 N–H and O–H groups in total. The molecule has 0 nitrogen and oxygen atoms in total. The van der Waals surface area contributed by atoms with Crippen molar-refractivity contribution in [2.24, 2.45) is 5.92 Å². The molecule has 0 unspecified atom stereocenters. The van der Waals surface area contributed by atoms with Gasteiger partial charge in [-0.25, -0.2) is 0 Å². The van der Waals surface area contributed by atoms with Crippen molar-refractivity contribution in [2.75, 3.05) is 0 Å². The Morgan fingerprint density at radius 3 is 1.33 bits per heavy atom. The molecular weight excluding hydrogens is 108 g/mol. The maximum atomic E-state index is 2.28. The Kier molecular flexibility index (Phi) is 6.12. The first-order valence-electron chi connectivity index (χ1n) is 4.31. The highest BCUT2D eigenvalue weighted by atomic mass is 14.0. The lowest BCUT2D eigenvalue weighted by atomic mass is 10.1. The van der Waals surface area contributed by atoms with Crippen molar-refractivity contribution in [1.29, 1.82) is 0 Å². The third-order valence-corrected chi connectivity index (χ3v) is 1.75. The lowest BCUT2D eigenvalue weighted by molar-refractivity contribution is 0.544. The van der Waals surface area contributed by atoms with E-state index >= 15 is 0 Å². The lowest BCUT2D eigenvalue weighted by Gasteiger charge is -1.98. The molecular formula is C9H20. The van der Waals surface area contributed by atoms with Gasteiger partial charge in [-0.15, -0.1) is 0 Å². The molecule has 0 aromatic carbocycles. The van der Waals surface area contributed by atoms with Crippen LogP contribution < -0.4 is 0 Å². The molecule has 0 saturated heterocycles. The fourth-order valence-corrected chi connectivity index (χ4v) is 0.289. The summed E-state index contributed by atoms with van der Waals surface area (Å²) in [5.74, 6) is 0.935. The van der Waals surface area contributed by atoms with Crippen molar-refractivity contribution in [2.45, 2.75) is 52.9 Å². The quantitative estimate of drug-likeness (QED) is 0.533. The van der Waals surface area contributed by atoms with Crippen LogP contribution in [-0.2, 0) is 0 Å².